The molecule has 0 atom stereocenters. The van der Waals surface area contributed by atoms with Crippen molar-refractivity contribution in [1.82, 2.24) is 4.90 Å². The van der Waals surface area contributed by atoms with Gasteiger partial charge in [-0.05, 0) is 38.5 Å². The van der Waals surface area contributed by atoms with E-state index in [2.05, 4.69) is 5.32 Å². The Bertz CT molecular complexity index is 590. The van der Waals surface area contributed by atoms with Crippen molar-refractivity contribution in [2.24, 2.45) is 0 Å². The summed E-state index contributed by atoms with van der Waals surface area (Å²) >= 11 is 0. The smallest absolute Gasteiger partial charge is 0.412 e. The molecule has 6 nitrogen and oxygen atoms in total. The SMILES string of the molecule is CC(C)(C)OC(=O)Nc1ccc2c(c1)C(=O)N(CC=O)C2. The second kappa shape index (κ2) is 5.55. The van der Waals surface area contributed by atoms with Gasteiger partial charge in [0.2, 0.25) is 0 Å². The maximum absolute atomic E-state index is 12.1. The molecule has 0 bridgehead atoms. The number of carbonyl (C=O) groups is 3. The zero-order valence-electron chi connectivity index (χ0n) is 12.3. The van der Waals surface area contributed by atoms with E-state index in [1.54, 1.807) is 39.0 Å². The largest absolute Gasteiger partial charge is 0.444 e. The number of hydrogen-bond donors (Lipinski definition) is 1. The van der Waals surface area contributed by atoms with Crippen LogP contribution in [0, 0.1) is 0 Å². The molecule has 112 valence electrons. The molecule has 1 aromatic rings. The number of benzene rings is 1. The van der Waals surface area contributed by atoms with Crippen LogP contribution < -0.4 is 5.32 Å². The molecule has 0 radical (unpaired) electrons. The lowest BCUT2D eigenvalue weighted by Crippen LogP contribution is -2.27. The van der Waals surface area contributed by atoms with Crippen LogP contribution in [0.2, 0.25) is 0 Å². The van der Waals surface area contributed by atoms with Crippen LogP contribution >= 0.6 is 0 Å². The third-order valence-electron chi connectivity index (χ3n) is 2.93. The van der Waals surface area contributed by atoms with Crippen molar-refractivity contribution in [1.29, 1.82) is 0 Å². The predicted molar refractivity (Wildman–Crippen MR) is 77.1 cm³/mol. The Morgan fingerprint density at radius 2 is 2.14 bits per heavy atom. The van der Waals surface area contributed by atoms with Crippen LogP contribution in [0.15, 0.2) is 18.2 Å². The summed E-state index contributed by atoms with van der Waals surface area (Å²) in [4.78, 5) is 35.8. The first-order chi connectivity index (χ1) is 9.80. The lowest BCUT2D eigenvalue weighted by atomic mass is 10.1. The third-order valence-corrected chi connectivity index (χ3v) is 2.93. The fourth-order valence-corrected chi connectivity index (χ4v) is 2.10. The van der Waals surface area contributed by atoms with Gasteiger partial charge in [0.1, 0.15) is 11.9 Å². The van der Waals surface area contributed by atoms with E-state index in [0.717, 1.165) is 5.56 Å². The van der Waals surface area contributed by atoms with Gasteiger partial charge in [0.05, 0.1) is 6.54 Å². The van der Waals surface area contributed by atoms with Crippen molar-refractivity contribution < 1.29 is 19.1 Å². The Labute approximate surface area is 123 Å². The molecule has 0 aromatic heterocycles. The van der Waals surface area contributed by atoms with Crippen molar-refractivity contribution in [3.8, 4) is 0 Å². The van der Waals surface area contributed by atoms with E-state index in [-0.39, 0.29) is 12.5 Å². The molecular weight excluding hydrogens is 272 g/mol. The summed E-state index contributed by atoms with van der Waals surface area (Å²) in [7, 11) is 0. The standard InChI is InChI=1S/C15H18N2O4/c1-15(2,3)21-14(20)16-11-5-4-10-9-17(6-7-18)13(19)12(10)8-11/h4-5,7-8H,6,9H2,1-3H3,(H,16,20). The van der Waals surface area contributed by atoms with Crippen LogP contribution in [0.1, 0.15) is 36.7 Å². The molecule has 1 heterocycles. The normalized spacial score (nSPS) is 13.9. The molecule has 2 amide bonds. The van der Waals surface area contributed by atoms with Gasteiger partial charge < -0.3 is 14.4 Å². The first-order valence-electron chi connectivity index (χ1n) is 6.66. The van der Waals surface area contributed by atoms with Crippen LogP contribution in [-0.4, -0.2) is 35.3 Å². The number of hydrogen-bond acceptors (Lipinski definition) is 4. The highest BCUT2D eigenvalue weighted by Gasteiger charge is 2.27. The second-order valence-electron chi connectivity index (χ2n) is 5.85. The number of carbonyl (C=O) groups excluding carboxylic acids is 3. The lowest BCUT2D eigenvalue weighted by molar-refractivity contribution is -0.108. The number of rotatable bonds is 3. The minimum Gasteiger partial charge on any atom is -0.444 e. The molecule has 0 spiro atoms. The van der Waals surface area contributed by atoms with Gasteiger partial charge in [0.15, 0.2) is 0 Å². The van der Waals surface area contributed by atoms with Crippen LogP contribution in [0.4, 0.5) is 10.5 Å². The quantitative estimate of drug-likeness (QED) is 0.866. The number of anilines is 1. The summed E-state index contributed by atoms with van der Waals surface area (Å²) in [6.45, 7) is 5.81. The van der Waals surface area contributed by atoms with Crippen LogP contribution in [0.5, 0.6) is 0 Å². The average molecular weight is 290 g/mol. The molecule has 2 rings (SSSR count). The fraction of sp³-hybridized carbons (Fsp3) is 0.400. The van der Waals surface area contributed by atoms with E-state index in [4.69, 9.17) is 4.74 Å². The molecule has 0 aliphatic carbocycles. The average Bonchev–Trinajstić information content (AvgIpc) is 2.65. The highest BCUT2D eigenvalue weighted by molar-refractivity contribution is 6.00. The van der Waals surface area contributed by atoms with Gasteiger partial charge in [-0.3, -0.25) is 10.1 Å². The summed E-state index contributed by atoms with van der Waals surface area (Å²) in [6, 6.07) is 5.08. The molecule has 1 aromatic carbocycles. The van der Waals surface area contributed by atoms with Gasteiger partial charge in [-0.25, -0.2) is 4.79 Å². The Kier molecular flexibility index (Phi) is 3.97. The summed E-state index contributed by atoms with van der Waals surface area (Å²) in [6.07, 6.45) is 0.126. The van der Waals surface area contributed by atoms with Crippen molar-refractivity contribution in [2.45, 2.75) is 32.9 Å². The van der Waals surface area contributed by atoms with Crippen molar-refractivity contribution >= 4 is 24.0 Å². The molecule has 1 N–H and O–H groups in total. The highest BCUT2D eigenvalue weighted by atomic mass is 16.6. The van der Waals surface area contributed by atoms with Gasteiger partial charge in [-0.15, -0.1) is 0 Å². The van der Waals surface area contributed by atoms with Crippen LogP contribution in [0.25, 0.3) is 0 Å². The maximum atomic E-state index is 12.1. The van der Waals surface area contributed by atoms with E-state index in [1.807, 2.05) is 0 Å². The van der Waals surface area contributed by atoms with Crippen LogP contribution in [0.3, 0.4) is 0 Å². The molecule has 0 fully saturated rings. The molecule has 6 heteroatoms. The Morgan fingerprint density at radius 1 is 1.43 bits per heavy atom. The molecule has 0 saturated heterocycles. The summed E-state index contributed by atoms with van der Waals surface area (Å²) in [5.41, 5.74) is 1.25. The third kappa shape index (κ3) is 3.59. The van der Waals surface area contributed by atoms with Crippen molar-refractivity contribution in [3.63, 3.8) is 0 Å². The van der Waals surface area contributed by atoms with Gasteiger partial charge in [-0.2, -0.15) is 0 Å². The molecule has 1 aliphatic rings. The molecule has 0 saturated carbocycles. The number of nitrogens with one attached hydrogen (secondary N) is 1. The first kappa shape index (κ1) is 15.0. The van der Waals surface area contributed by atoms with E-state index in [1.165, 1.54) is 4.90 Å². The summed E-state index contributed by atoms with van der Waals surface area (Å²) in [5, 5.41) is 2.59. The van der Waals surface area contributed by atoms with Gasteiger partial charge in [0.25, 0.3) is 5.91 Å². The number of amides is 2. The Balaban J connectivity index is 2.11. The second-order valence-corrected chi connectivity index (χ2v) is 5.85. The molecular formula is C15H18N2O4. The number of aldehydes is 1. The zero-order valence-corrected chi connectivity index (χ0v) is 12.3. The monoisotopic (exact) mass is 290 g/mol. The fourth-order valence-electron chi connectivity index (χ4n) is 2.10. The topological polar surface area (TPSA) is 75.7 Å². The Morgan fingerprint density at radius 3 is 2.76 bits per heavy atom. The zero-order chi connectivity index (χ0) is 15.6. The van der Waals surface area contributed by atoms with Gasteiger partial charge in [-0.1, -0.05) is 6.07 Å². The molecule has 21 heavy (non-hydrogen) atoms. The summed E-state index contributed by atoms with van der Waals surface area (Å²) < 4.78 is 5.16. The van der Waals surface area contributed by atoms with Gasteiger partial charge >= 0.3 is 6.09 Å². The molecule has 1 aliphatic heterocycles. The van der Waals surface area contributed by atoms with Crippen molar-refractivity contribution in [2.75, 3.05) is 11.9 Å². The predicted octanol–water partition coefficient (Wildman–Crippen LogP) is 2.19. The van der Waals surface area contributed by atoms with E-state index in [9.17, 15) is 14.4 Å². The van der Waals surface area contributed by atoms with Crippen molar-refractivity contribution in [3.05, 3.63) is 29.3 Å². The number of fused-ring (bicyclic) bond motifs is 1. The number of ether oxygens (including phenoxy) is 1. The van der Waals surface area contributed by atoms with E-state index < -0.39 is 11.7 Å². The van der Waals surface area contributed by atoms with E-state index >= 15 is 0 Å². The van der Waals surface area contributed by atoms with E-state index in [0.29, 0.717) is 24.1 Å². The molecule has 0 unspecified atom stereocenters. The number of nitrogens with zero attached hydrogens (tertiary/aromatic N) is 1. The van der Waals surface area contributed by atoms with Crippen LogP contribution in [-0.2, 0) is 16.1 Å². The maximum Gasteiger partial charge on any atom is 0.412 e. The Hall–Kier alpha value is -2.37. The highest BCUT2D eigenvalue weighted by Crippen LogP contribution is 2.25. The van der Waals surface area contributed by atoms with Gasteiger partial charge in [0, 0.05) is 17.8 Å². The first-order valence-corrected chi connectivity index (χ1v) is 6.66. The summed E-state index contributed by atoms with van der Waals surface area (Å²) in [5.74, 6) is -0.204. The minimum absolute atomic E-state index is 0.0718. The lowest BCUT2D eigenvalue weighted by Gasteiger charge is -2.19. The minimum atomic E-state index is -0.586.